The number of nitrogens with zero attached hydrogens (tertiary/aromatic N) is 1. The van der Waals surface area contributed by atoms with Gasteiger partial charge in [-0.2, -0.15) is 0 Å². The summed E-state index contributed by atoms with van der Waals surface area (Å²) in [6, 6.07) is 0.912. The Morgan fingerprint density at radius 1 is 1.13 bits per heavy atom. The maximum atomic E-state index is 11.7. The van der Waals surface area contributed by atoms with Gasteiger partial charge in [-0.15, -0.1) is 0 Å². The average Bonchev–Trinajstić information content (AvgIpc) is 2.54. The van der Waals surface area contributed by atoms with Crippen molar-refractivity contribution in [1.29, 1.82) is 0 Å². The molecule has 15 heavy (non-hydrogen) atoms. The summed E-state index contributed by atoms with van der Waals surface area (Å²) in [6.07, 6.45) is 9.28. The van der Waals surface area contributed by atoms with Gasteiger partial charge in [0.25, 0.3) is 0 Å². The van der Waals surface area contributed by atoms with E-state index in [-0.39, 0.29) is 6.04 Å². The molecule has 1 aliphatic heterocycles. The van der Waals surface area contributed by atoms with Gasteiger partial charge in [0.2, 0.25) is 0 Å². The fourth-order valence-corrected chi connectivity index (χ4v) is 3.56. The molecule has 2 nitrogen and oxygen atoms in total. The van der Waals surface area contributed by atoms with Gasteiger partial charge in [0.1, 0.15) is 5.78 Å². The third-order valence-electron chi connectivity index (χ3n) is 4.31. The zero-order valence-corrected chi connectivity index (χ0v) is 10.0. The highest BCUT2D eigenvalue weighted by molar-refractivity contribution is 5.82. The molecule has 1 heterocycles. The molecule has 2 bridgehead atoms. The first-order valence-electron chi connectivity index (χ1n) is 6.42. The predicted octanol–water partition coefficient (Wildman–Crippen LogP) is 2.62. The van der Waals surface area contributed by atoms with Crippen LogP contribution in [0.25, 0.3) is 0 Å². The van der Waals surface area contributed by atoms with Crippen molar-refractivity contribution in [3.8, 4) is 0 Å². The van der Waals surface area contributed by atoms with Gasteiger partial charge in [-0.25, -0.2) is 0 Å². The molecule has 0 N–H and O–H groups in total. The van der Waals surface area contributed by atoms with Crippen LogP contribution in [-0.2, 0) is 4.79 Å². The van der Waals surface area contributed by atoms with Crippen LogP contribution in [0.5, 0.6) is 0 Å². The highest BCUT2D eigenvalue weighted by atomic mass is 16.1. The summed E-state index contributed by atoms with van der Waals surface area (Å²) >= 11 is 0. The molecule has 1 saturated heterocycles. The van der Waals surface area contributed by atoms with Crippen LogP contribution in [0.1, 0.15) is 51.9 Å². The van der Waals surface area contributed by atoms with Crippen LogP contribution in [0.15, 0.2) is 0 Å². The first kappa shape index (κ1) is 11.1. The largest absolute Gasteiger partial charge is 0.298 e. The first-order valence-corrected chi connectivity index (χ1v) is 6.42. The highest BCUT2D eigenvalue weighted by Crippen LogP contribution is 2.36. The Labute approximate surface area is 93.0 Å². The number of ketones is 1. The van der Waals surface area contributed by atoms with E-state index in [1.165, 1.54) is 44.9 Å². The molecule has 0 aromatic rings. The standard InChI is InChI=1S/C13H23NO/c1-10(15)13-11-7-5-3-4-6-8-12(9-11)14(13)2/h11-13H,3-9H2,1-2H3. The minimum absolute atomic E-state index is 0.230. The summed E-state index contributed by atoms with van der Waals surface area (Å²) in [4.78, 5) is 14.0. The van der Waals surface area contributed by atoms with Gasteiger partial charge < -0.3 is 0 Å². The highest BCUT2D eigenvalue weighted by Gasteiger charge is 2.40. The number of carbonyl (C=O) groups excluding carboxylic acids is 1. The summed E-state index contributed by atoms with van der Waals surface area (Å²) in [6.45, 7) is 1.77. The number of rotatable bonds is 1. The van der Waals surface area contributed by atoms with E-state index >= 15 is 0 Å². The Hall–Kier alpha value is -0.370. The van der Waals surface area contributed by atoms with Crippen molar-refractivity contribution in [2.45, 2.75) is 64.0 Å². The van der Waals surface area contributed by atoms with Gasteiger partial charge in [-0.05, 0) is 39.2 Å². The Morgan fingerprint density at radius 3 is 2.47 bits per heavy atom. The summed E-state index contributed by atoms with van der Waals surface area (Å²) in [7, 11) is 2.15. The Bertz CT molecular complexity index is 239. The SMILES string of the molecule is CC(=O)C1C2CCCCCCC(C2)N1C. The van der Waals surface area contributed by atoms with Crippen molar-refractivity contribution in [2.75, 3.05) is 7.05 Å². The molecule has 0 amide bonds. The number of Topliss-reactive ketones (excluding diaryl/α,β-unsaturated/α-hetero) is 1. The van der Waals surface area contributed by atoms with E-state index in [9.17, 15) is 4.79 Å². The summed E-state index contributed by atoms with van der Waals surface area (Å²) in [5, 5.41) is 0. The second-order valence-electron chi connectivity index (χ2n) is 5.36. The second-order valence-corrected chi connectivity index (χ2v) is 5.36. The van der Waals surface area contributed by atoms with Gasteiger partial charge in [0, 0.05) is 6.04 Å². The van der Waals surface area contributed by atoms with E-state index in [4.69, 9.17) is 0 Å². The third kappa shape index (κ3) is 2.25. The molecule has 1 aliphatic carbocycles. The molecule has 3 atom stereocenters. The minimum atomic E-state index is 0.230. The molecule has 3 unspecified atom stereocenters. The molecule has 2 fully saturated rings. The Kier molecular flexibility index (Phi) is 3.45. The second kappa shape index (κ2) is 4.65. The third-order valence-corrected chi connectivity index (χ3v) is 4.31. The van der Waals surface area contributed by atoms with Crippen LogP contribution in [0, 0.1) is 5.92 Å². The minimum Gasteiger partial charge on any atom is -0.298 e. The summed E-state index contributed by atoms with van der Waals surface area (Å²) in [5.41, 5.74) is 0. The lowest BCUT2D eigenvalue weighted by atomic mass is 9.91. The number of carbonyl (C=O) groups is 1. The average molecular weight is 209 g/mol. The molecule has 2 heteroatoms. The van der Waals surface area contributed by atoms with E-state index in [2.05, 4.69) is 11.9 Å². The van der Waals surface area contributed by atoms with Crippen molar-refractivity contribution >= 4 is 5.78 Å². The fraction of sp³-hybridized carbons (Fsp3) is 0.923. The Morgan fingerprint density at radius 2 is 1.80 bits per heavy atom. The van der Waals surface area contributed by atoms with E-state index < -0.39 is 0 Å². The Balaban J connectivity index is 2.11. The topological polar surface area (TPSA) is 20.3 Å². The van der Waals surface area contributed by atoms with Crippen LogP contribution < -0.4 is 0 Å². The van der Waals surface area contributed by atoms with Crippen LogP contribution in [-0.4, -0.2) is 29.8 Å². The van der Waals surface area contributed by atoms with Crippen LogP contribution in [0.3, 0.4) is 0 Å². The lowest BCUT2D eigenvalue weighted by molar-refractivity contribution is -0.122. The van der Waals surface area contributed by atoms with E-state index in [0.717, 1.165) is 0 Å². The molecular weight excluding hydrogens is 186 g/mol. The van der Waals surface area contributed by atoms with E-state index in [1.807, 2.05) is 0 Å². The van der Waals surface area contributed by atoms with Gasteiger partial charge in [-0.3, -0.25) is 9.69 Å². The zero-order valence-electron chi connectivity index (χ0n) is 10.0. The number of likely N-dealkylation sites (N-methyl/N-ethyl adjacent to an activating group) is 1. The molecular formula is C13H23NO. The van der Waals surface area contributed by atoms with Gasteiger partial charge in [0.05, 0.1) is 6.04 Å². The molecule has 0 aromatic carbocycles. The van der Waals surface area contributed by atoms with Crippen molar-refractivity contribution in [1.82, 2.24) is 4.90 Å². The first-order chi connectivity index (χ1) is 7.20. The zero-order chi connectivity index (χ0) is 10.8. The molecule has 0 radical (unpaired) electrons. The number of fused-ring (bicyclic) bond motifs is 2. The van der Waals surface area contributed by atoms with Gasteiger partial charge in [0.15, 0.2) is 0 Å². The lowest BCUT2D eigenvalue weighted by Crippen LogP contribution is -2.39. The monoisotopic (exact) mass is 209 g/mol. The fourth-order valence-electron chi connectivity index (χ4n) is 3.56. The van der Waals surface area contributed by atoms with Crippen molar-refractivity contribution in [2.24, 2.45) is 5.92 Å². The quantitative estimate of drug-likeness (QED) is 0.661. The van der Waals surface area contributed by atoms with Crippen molar-refractivity contribution in [3.63, 3.8) is 0 Å². The van der Waals surface area contributed by atoms with Crippen molar-refractivity contribution in [3.05, 3.63) is 0 Å². The lowest BCUT2D eigenvalue weighted by Gasteiger charge is -2.26. The van der Waals surface area contributed by atoms with Crippen LogP contribution in [0.2, 0.25) is 0 Å². The van der Waals surface area contributed by atoms with E-state index in [1.54, 1.807) is 6.92 Å². The number of hydrogen-bond donors (Lipinski definition) is 0. The summed E-state index contributed by atoms with van der Waals surface area (Å²) in [5.74, 6) is 1.03. The molecule has 86 valence electrons. The number of likely N-dealkylation sites (tertiary alicyclic amines) is 1. The van der Waals surface area contributed by atoms with Crippen molar-refractivity contribution < 1.29 is 4.79 Å². The van der Waals surface area contributed by atoms with Gasteiger partial charge >= 0.3 is 0 Å². The van der Waals surface area contributed by atoms with E-state index in [0.29, 0.717) is 17.7 Å². The maximum Gasteiger partial charge on any atom is 0.147 e. The predicted molar refractivity (Wildman–Crippen MR) is 61.8 cm³/mol. The molecule has 0 spiro atoms. The normalized spacial score (nSPS) is 38.1. The number of hydrogen-bond acceptors (Lipinski definition) is 2. The van der Waals surface area contributed by atoms with Crippen LogP contribution in [0.4, 0.5) is 0 Å². The maximum absolute atomic E-state index is 11.7. The molecule has 2 aliphatic rings. The molecule has 0 aromatic heterocycles. The summed E-state index contributed by atoms with van der Waals surface area (Å²) < 4.78 is 0. The van der Waals surface area contributed by atoms with Crippen LogP contribution >= 0.6 is 0 Å². The molecule has 2 rings (SSSR count). The van der Waals surface area contributed by atoms with Gasteiger partial charge in [-0.1, -0.05) is 25.7 Å². The smallest absolute Gasteiger partial charge is 0.147 e. The molecule has 1 saturated carbocycles.